The maximum Gasteiger partial charge on any atom is 0.375 e. The number of amides is 2. The second kappa shape index (κ2) is 8.05. The molecule has 144 valence electrons. The third kappa shape index (κ3) is 4.09. The molecule has 2 amide bonds. The van der Waals surface area contributed by atoms with E-state index in [9.17, 15) is 18.8 Å². The molecule has 0 saturated carbocycles. The zero-order valence-electron chi connectivity index (χ0n) is 14.6. The second-order valence-electron chi connectivity index (χ2n) is 5.71. The first-order valence-electron chi connectivity index (χ1n) is 8.10. The molecule has 0 aliphatic carbocycles. The number of benzene rings is 1. The number of thiophene rings is 1. The molecular weight excluding hydrogens is 387 g/mol. The molecule has 0 aliphatic heterocycles. The number of halogens is 1. The van der Waals surface area contributed by atoms with E-state index in [1.165, 1.54) is 43.3 Å². The number of hydrogen-bond acceptors (Lipinski definition) is 6. The summed E-state index contributed by atoms with van der Waals surface area (Å²) in [7, 11) is 0. The summed E-state index contributed by atoms with van der Waals surface area (Å²) in [5.41, 5.74) is 5.58. The van der Waals surface area contributed by atoms with Crippen LogP contribution in [0.3, 0.4) is 0 Å². The lowest BCUT2D eigenvalue weighted by Gasteiger charge is -2.12. The fourth-order valence-electron chi connectivity index (χ4n) is 2.34. The number of esters is 1. The van der Waals surface area contributed by atoms with Gasteiger partial charge in [0.05, 0.1) is 11.1 Å². The topological polar surface area (TPSA) is 112 Å². The Morgan fingerprint density at radius 2 is 1.93 bits per heavy atom. The van der Waals surface area contributed by atoms with Gasteiger partial charge in [-0.3, -0.25) is 9.59 Å². The Hall–Kier alpha value is -3.46. The number of primary amides is 1. The van der Waals surface area contributed by atoms with Crippen molar-refractivity contribution in [3.05, 3.63) is 65.0 Å². The molecule has 7 nitrogen and oxygen atoms in total. The predicted molar refractivity (Wildman–Crippen MR) is 100 cm³/mol. The normalized spacial score (nSPS) is 11.6. The summed E-state index contributed by atoms with van der Waals surface area (Å²) >= 11 is 1.11. The van der Waals surface area contributed by atoms with Crippen LogP contribution in [0.5, 0.6) is 0 Å². The molecule has 28 heavy (non-hydrogen) atoms. The van der Waals surface area contributed by atoms with Gasteiger partial charge in [0.25, 0.3) is 11.8 Å². The first kappa shape index (κ1) is 19.3. The lowest BCUT2D eigenvalue weighted by Crippen LogP contribution is -2.30. The molecule has 3 N–H and O–H groups in total. The van der Waals surface area contributed by atoms with E-state index in [0.29, 0.717) is 0 Å². The molecule has 0 bridgehead atoms. The molecular formula is C19H15FN2O5S. The summed E-state index contributed by atoms with van der Waals surface area (Å²) in [6.45, 7) is 1.37. The van der Waals surface area contributed by atoms with Gasteiger partial charge in [0.15, 0.2) is 6.10 Å². The minimum atomic E-state index is -1.17. The Balaban J connectivity index is 1.66. The highest BCUT2D eigenvalue weighted by Crippen LogP contribution is 2.26. The van der Waals surface area contributed by atoms with E-state index < -0.39 is 29.7 Å². The summed E-state index contributed by atoms with van der Waals surface area (Å²) in [6.07, 6.45) is -1.17. The van der Waals surface area contributed by atoms with Crippen molar-refractivity contribution in [3.63, 3.8) is 0 Å². The molecule has 3 aromatic rings. The van der Waals surface area contributed by atoms with E-state index >= 15 is 0 Å². The van der Waals surface area contributed by atoms with E-state index in [4.69, 9.17) is 14.9 Å². The van der Waals surface area contributed by atoms with E-state index in [1.807, 2.05) is 0 Å². The molecule has 0 fully saturated rings. The number of carbonyl (C=O) groups excluding carboxylic acids is 3. The lowest BCUT2D eigenvalue weighted by molar-refractivity contribution is -0.123. The van der Waals surface area contributed by atoms with Crippen LogP contribution in [0.15, 0.2) is 52.3 Å². The van der Waals surface area contributed by atoms with Crippen molar-refractivity contribution in [1.29, 1.82) is 0 Å². The van der Waals surface area contributed by atoms with Crippen molar-refractivity contribution in [1.82, 2.24) is 0 Å². The van der Waals surface area contributed by atoms with Crippen molar-refractivity contribution in [2.45, 2.75) is 13.0 Å². The van der Waals surface area contributed by atoms with E-state index in [-0.39, 0.29) is 27.6 Å². The quantitative estimate of drug-likeness (QED) is 0.614. The molecule has 2 heterocycles. The van der Waals surface area contributed by atoms with Gasteiger partial charge in [0, 0.05) is 0 Å². The van der Waals surface area contributed by atoms with Crippen LogP contribution in [0.4, 0.5) is 9.39 Å². The number of furan rings is 1. The van der Waals surface area contributed by atoms with Crippen LogP contribution in [0.25, 0.3) is 11.3 Å². The van der Waals surface area contributed by atoms with Crippen LogP contribution < -0.4 is 11.1 Å². The lowest BCUT2D eigenvalue weighted by atomic mass is 10.1. The van der Waals surface area contributed by atoms with Crippen LogP contribution in [-0.2, 0) is 9.53 Å². The molecule has 0 spiro atoms. The fourth-order valence-corrected chi connectivity index (χ4v) is 3.13. The zero-order chi connectivity index (χ0) is 20.3. The predicted octanol–water partition coefficient (Wildman–Crippen LogP) is 3.43. The van der Waals surface area contributed by atoms with Gasteiger partial charge >= 0.3 is 5.97 Å². The molecule has 2 aromatic heterocycles. The number of ether oxygens (including phenoxy) is 1. The van der Waals surface area contributed by atoms with Crippen LogP contribution >= 0.6 is 11.3 Å². The largest absolute Gasteiger partial charge is 0.449 e. The smallest absolute Gasteiger partial charge is 0.375 e. The average molecular weight is 402 g/mol. The van der Waals surface area contributed by atoms with Crippen LogP contribution in [0.1, 0.15) is 27.8 Å². The van der Waals surface area contributed by atoms with Crippen LogP contribution in [0.2, 0.25) is 0 Å². The average Bonchev–Trinajstić information content (AvgIpc) is 3.31. The Bertz CT molecular complexity index is 1040. The molecule has 3 rings (SSSR count). The number of anilines is 1. The van der Waals surface area contributed by atoms with E-state index in [0.717, 1.165) is 11.3 Å². The minimum Gasteiger partial charge on any atom is -0.449 e. The maximum atomic E-state index is 13.8. The van der Waals surface area contributed by atoms with Crippen LogP contribution in [0, 0.1) is 5.82 Å². The van der Waals surface area contributed by atoms with Gasteiger partial charge in [-0.15, -0.1) is 11.3 Å². The van der Waals surface area contributed by atoms with Crippen molar-refractivity contribution in [2.24, 2.45) is 5.73 Å². The summed E-state index contributed by atoms with van der Waals surface area (Å²) in [5, 5.41) is 4.35. The number of nitrogens with one attached hydrogen (secondary N) is 1. The molecule has 0 aliphatic rings. The molecule has 1 aromatic carbocycles. The highest BCUT2D eigenvalue weighted by molar-refractivity contribution is 7.14. The van der Waals surface area contributed by atoms with Crippen molar-refractivity contribution in [3.8, 4) is 11.3 Å². The standard InChI is InChI=1S/C19H15FN2O5S/c1-10(17(24)22-18-12(16(21)23)8-9-28-18)26-19(25)15-7-6-14(27-15)11-4-2-3-5-13(11)20/h2-10H,1H3,(H2,21,23)(H,22,24)/t10-/m1/s1. The Morgan fingerprint density at radius 3 is 2.64 bits per heavy atom. The number of nitrogens with two attached hydrogens (primary N) is 1. The molecule has 9 heteroatoms. The SMILES string of the molecule is C[C@@H](OC(=O)c1ccc(-c2ccccc2F)o1)C(=O)Nc1sccc1C(N)=O. The summed E-state index contributed by atoms with van der Waals surface area (Å²) in [6, 6.07) is 10.2. The first-order valence-corrected chi connectivity index (χ1v) is 8.98. The minimum absolute atomic E-state index is 0.159. The Labute approximate surface area is 162 Å². The summed E-state index contributed by atoms with van der Waals surface area (Å²) in [5.74, 6) is -2.72. The number of carbonyl (C=O) groups is 3. The van der Waals surface area contributed by atoms with Gasteiger partial charge in [-0.25, -0.2) is 9.18 Å². The van der Waals surface area contributed by atoms with Crippen molar-refractivity contribution >= 4 is 34.1 Å². The van der Waals surface area contributed by atoms with Crippen LogP contribution in [-0.4, -0.2) is 23.9 Å². The van der Waals surface area contributed by atoms with E-state index in [1.54, 1.807) is 11.4 Å². The van der Waals surface area contributed by atoms with Gasteiger partial charge in [-0.05, 0) is 42.6 Å². The van der Waals surface area contributed by atoms with E-state index in [2.05, 4.69) is 5.32 Å². The van der Waals surface area contributed by atoms with Gasteiger partial charge in [-0.1, -0.05) is 12.1 Å². The van der Waals surface area contributed by atoms with Gasteiger partial charge in [0.1, 0.15) is 16.6 Å². The first-order chi connectivity index (χ1) is 13.4. The number of rotatable bonds is 6. The molecule has 0 radical (unpaired) electrons. The third-order valence-electron chi connectivity index (χ3n) is 3.77. The molecule has 1 atom stereocenters. The third-order valence-corrected chi connectivity index (χ3v) is 4.60. The van der Waals surface area contributed by atoms with Gasteiger partial charge in [0.2, 0.25) is 5.76 Å². The highest BCUT2D eigenvalue weighted by Gasteiger charge is 2.23. The zero-order valence-corrected chi connectivity index (χ0v) is 15.4. The highest BCUT2D eigenvalue weighted by atomic mass is 32.1. The Morgan fingerprint density at radius 1 is 1.18 bits per heavy atom. The van der Waals surface area contributed by atoms with Gasteiger partial charge < -0.3 is 20.2 Å². The maximum absolute atomic E-state index is 13.8. The Kier molecular flexibility index (Phi) is 5.55. The van der Waals surface area contributed by atoms with Crippen molar-refractivity contribution in [2.75, 3.05) is 5.32 Å². The summed E-state index contributed by atoms with van der Waals surface area (Å²) < 4.78 is 24.2. The monoisotopic (exact) mass is 402 g/mol. The summed E-state index contributed by atoms with van der Waals surface area (Å²) in [4.78, 5) is 35.7. The number of hydrogen-bond donors (Lipinski definition) is 2. The van der Waals surface area contributed by atoms with Crippen molar-refractivity contribution < 1.29 is 27.9 Å². The fraction of sp³-hybridized carbons (Fsp3) is 0.105. The molecule has 0 saturated heterocycles. The van der Waals surface area contributed by atoms with Gasteiger partial charge in [-0.2, -0.15) is 0 Å². The second-order valence-corrected chi connectivity index (χ2v) is 6.62. The molecule has 0 unspecified atom stereocenters.